The van der Waals surface area contributed by atoms with Gasteiger partial charge >= 0.3 is 0 Å². The lowest BCUT2D eigenvalue weighted by Crippen LogP contribution is -2.24. The summed E-state index contributed by atoms with van der Waals surface area (Å²) in [5.41, 5.74) is 6.60. The first-order valence-corrected chi connectivity index (χ1v) is 8.73. The largest absolute Gasteiger partial charge is 0.491 e. The van der Waals surface area contributed by atoms with E-state index in [4.69, 9.17) is 10.5 Å². The Labute approximate surface area is 154 Å². The number of aromatic nitrogens is 1. The lowest BCUT2D eigenvalue weighted by atomic mass is 10.0. The number of primary amides is 1. The summed E-state index contributed by atoms with van der Waals surface area (Å²) < 4.78 is 20.2. The second-order valence-corrected chi connectivity index (χ2v) is 7.19. The number of thiazole rings is 1. The number of nitrogens with zero attached hydrogens (tertiary/aromatic N) is 2. The second kappa shape index (κ2) is 7.03. The molecule has 0 spiro atoms. The van der Waals surface area contributed by atoms with E-state index >= 15 is 0 Å². The highest BCUT2D eigenvalue weighted by molar-refractivity contribution is 7.14. The molecular formula is C18H18FN3O3S. The summed E-state index contributed by atoms with van der Waals surface area (Å²) >= 11 is 1.21. The summed E-state index contributed by atoms with van der Waals surface area (Å²) in [5.74, 6) is 4.31. The SMILES string of the molecule is CC(O)C#Cc1cc2c(cc1F)OC[C@@H](N(C)C)c1sc(C(N)=O)nc1-2. The number of fused-ring (bicyclic) bond motifs is 3. The van der Waals surface area contributed by atoms with Crippen molar-refractivity contribution >= 4 is 17.2 Å². The first-order chi connectivity index (χ1) is 12.3. The van der Waals surface area contributed by atoms with Gasteiger partial charge in [0.25, 0.3) is 5.91 Å². The van der Waals surface area contributed by atoms with Crippen molar-refractivity contribution in [2.24, 2.45) is 5.73 Å². The van der Waals surface area contributed by atoms with E-state index in [9.17, 15) is 14.3 Å². The summed E-state index contributed by atoms with van der Waals surface area (Å²) in [6, 6.07) is 2.63. The van der Waals surface area contributed by atoms with Crippen LogP contribution >= 0.6 is 11.3 Å². The van der Waals surface area contributed by atoms with E-state index in [-0.39, 0.29) is 23.2 Å². The van der Waals surface area contributed by atoms with Crippen LogP contribution in [0.1, 0.15) is 33.2 Å². The molecule has 136 valence electrons. The highest BCUT2D eigenvalue weighted by atomic mass is 32.1. The molecule has 2 aromatic rings. The Bertz CT molecular complexity index is 928. The number of carbonyl (C=O) groups is 1. The smallest absolute Gasteiger partial charge is 0.277 e. The molecular weight excluding hydrogens is 357 g/mol. The number of rotatable bonds is 2. The molecule has 0 bridgehead atoms. The zero-order valence-corrected chi connectivity index (χ0v) is 15.4. The Hall–Kier alpha value is -2.47. The Balaban J connectivity index is 2.22. The molecule has 1 aromatic carbocycles. The van der Waals surface area contributed by atoms with Crippen LogP contribution in [0.4, 0.5) is 4.39 Å². The van der Waals surface area contributed by atoms with Gasteiger partial charge in [0.1, 0.15) is 24.3 Å². The van der Waals surface area contributed by atoms with E-state index in [0.717, 1.165) is 4.88 Å². The second-order valence-electron chi connectivity index (χ2n) is 6.16. The quantitative estimate of drug-likeness (QED) is 0.781. The Morgan fingerprint density at radius 2 is 2.27 bits per heavy atom. The van der Waals surface area contributed by atoms with Gasteiger partial charge in [-0.15, -0.1) is 11.3 Å². The highest BCUT2D eigenvalue weighted by Gasteiger charge is 2.30. The third-order valence-electron chi connectivity index (χ3n) is 3.93. The number of nitrogens with two attached hydrogens (primary N) is 1. The molecule has 3 rings (SSSR count). The molecule has 2 heterocycles. The molecule has 0 saturated heterocycles. The summed E-state index contributed by atoms with van der Waals surface area (Å²) in [6.07, 6.45) is -0.876. The van der Waals surface area contributed by atoms with E-state index in [1.807, 2.05) is 19.0 Å². The summed E-state index contributed by atoms with van der Waals surface area (Å²) in [6.45, 7) is 1.78. The van der Waals surface area contributed by atoms with Crippen molar-refractivity contribution in [1.29, 1.82) is 0 Å². The molecule has 6 nitrogen and oxygen atoms in total. The van der Waals surface area contributed by atoms with Crippen LogP contribution in [0.15, 0.2) is 12.1 Å². The first kappa shape index (κ1) is 18.3. The van der Waals surface area contributed by atoms with Crippen LogP contribution in [-0.2, 0) is 0 Å². The zero-order valence-electron chi connectivity index (χ0n) is 14.5. The van der Waals surface area contributed by atoms with Crippen LogP contribution < -0.4 is 10.5 Å². The molecule has 1 aromatic heterocycles. The standard InChI is InChI=1S/C18H18FN3O3S/c1-9(23)4-5-10-6-11-14(7-12(10)19)25-8-13(22(2)3)16-15(11)21-18(26-16)17(20)24/h6-7,9,13,23H,8H2,1-3H3,(H2,20,24)/t9?,13-/m1/s1. The molecule has 0 radical (unpaired) electrons. The summed E-state index contributed by atoms with van der Waals surface area (Å²) in [4.78, 5) is 18.7. The molecule has 2 atom stereocenters. The van der Waals surface area contributed by atoms with Gasteiger partial charge in [-0.3, -0.25) is 9.69 Å². The van der Waals surface area contributed by atoms with E-state index in [1.54, 1.807) is 0 Å². The fourth-order valence-corrected chi connectivity index (χ4v) is 3.73. The van der Waals surface area contributed by atoms with Gasteiger partial charge in [-0.1, -0.05) is 11.8 Å². The number of amides is 1. The fourth-order valence-electron chi connectivity index (χ4n) is 2.62. The number of halogens is 1. The molecule has 1 unspecified atom stereocenters. The molecule has 0 saturated carbocycles. The van der Waals surface area contributed by atoms with Crippen LogP contribution in [0.2, 0.25) is 0 Å². The molecule has 1 aliphatic rings. The maximum Gasteiger partial charge on any atom is 0.277 e. The van der Waals surface area contributed by atoms with Gasteiger partial charge in [-0.2, -0.15) is 0 Å². The maximum absolute atomic E-state index is 14.4. The highest BCUT2D eigenvalue weighted by Crippen LogP contribution is 2.43. The van der Waals surface area contributed by atoms with E-state index in [2.05, 4.69) is 16.8 Å². The molecule has 3 N–H and O–H groups in total. The van der Waals surface area contributed by atoms with Crippen molar-refractivity contribution in [1.82, 2.24) is 9.88 Å². The minimum absolute atomic E-state index is 0.121. The average molecular weight is 375 g/mol. The lowest BCUT2D eigenvalue weighted by molar-refractivity contribution is 0.1000. The van der Waals surface area contributed by atoms with Crippen LogP contribution in [0.5, 0.6) is 5.75 Å². The minimum atomic E-state index is -0.876. The fraction of sp³-hybridized carbons (Fsp3) is 0.333. The number of aliphatic hydroxyl groups is 1. The number of hydrogen-bond donors (Lipinski definition) is 2. The zero-order chi connectivity index (χ0) is 19.0. The van der Waals surface area contributed by atoms with Gasteiger partial charge in [-0.05, 0) is 27.1 Å². The number of likely N-dealkylation sites (N-methyl/N-ethyl adjacent to an activating group) is 1. The predicted octanol–water partition coefficient (Wildman–Crippen LogP) is 1.78. The number of hydrogen-bond acceptors (Lipinski definition) is 6. The van der Waals surface area contributed by atoms with Crippen LogP contribution in [0.3, 0.4) is 0 Å². The van der Waals surface area contributed by atoms with Gasteiger partial charge in [0, 0.05) is 11.6 Å². The van der Waals surface area contributed by atoms with Crippen LogP contribution in [0, 0.1) is 17.7 Å². The minimum Gasteiger partial charge on any atom is -0.491 e. The topological polar surface area (TPSA) is 88.7 Å². The molecule has 26 heavy (non-hydrogen) atoms. The molecule has 1 aliphatic heterocycles. The van der Waals surface area contributed by atoms with Crippen molar-refractivity contribution in [3.05, 3.63) is 33.4 Å². The van der Waals surface area contributed by atoms with Gasteiger partial charge < -0.3 is 15.6 Å². The third kappa shape index (κ3) is 3.42. The van der Waals surface area contributed by atoms with E-state index < -0.39 is 17.8 Å². The van der Waals surface area contributed by atoms with Crippen molar-refractivity contribution < 1.29 is 19.0 Å². The van der Waals surface area contributed by atoms with Crippen LogP contribution in [-0.4, -0.2) is 47.7 Å². The van der Waals surface area contributed by atoms with Gasteiger partial charge in [0.2, 0.25) is 0 Å². The first-order valence-electron chi connectivity index (χ1n) is 7.91. The number of ether oxygens (including phenoxy) is 1. The Kier molecular flexibility index (Phi) is 4.96. The Morgan fingerprint density at radius 1 is 1.54 bits per heavy atom. The predicted molar refractivity (Wildman–Crippen MR) is 96.5 cm³/mol. The monoisotopic (exact) mass is 375 g/mol. The number of aliphatic hydroxyl groups excluding tert-OH is 1. The Morgan fingerprint density at radius 3 is 2.88 bits per heavy atom. The van der Waals surface area contributed by atoms with Gasteiger partial charge in [-0.25, -0.2) is 9.37 Å². The number of benzene rings is 1. The summed E-state index contributed by atoms with van der Waals surface area (Å²) in [5, 5.41) is 9.51. The van der Waals surface area contributed by atoms with Gasteiger partial charge in [0.15, 0.2) is 5.01 Å². The van der Waals surface area contributed by atoms with Gasteiger partial charge in [0.05, 0.1) is 22.2 Å². The maximum atomic E-state index is 14.4. The van der Waals surface area contributed by atoms with Crippen LogP contribution in [0.25, 0.3) is 11.3 Å². The van der Waals surface area contributed by atoms with E-state index in [1.165, 1.54) is 30.4 Å². The van der Waals surface area contributed by atoms with Crippen molar-refractivity contribution in [2.75, 3.05) is 20.7 Å². The molecule has 1 amide bonds. The van der Waals surface area contributed by atoms with Crippen molar-refractivity contribution in [3.63, 3.8) is 0 Å². The van der Waals surface area contributed by atoms with Crippen molar-refractivity contribution in [2.45, 2.75) is 19.1 Å². The third-order valence-corrected chi connectivity index (χ3v) is 5.10. The average Bonchev–Trinajstić information content (AvgIpc) is 2.93. The normalized spacial score (nSPS) is 16.6. The van der Waals surface area contributed by atoms with Crippen molar-refractivity contribution in [3.8, 4) is 28.8 Å². The number of carbonyl (C=O) groups excluding carboxylic acids is 1. The molecule has 8 heteroatoms. The summed E-state index contributed by atoms with van der Waals surface area (Å²) in [7, 11) is 3.77. The molecule has 0 aliphatic carbocycles. The lowest BCUT2D eigenvalue weighted by Gasteiger charge is -2.21. The molecule has 0 fully saturated rings. The van der Waals surface area contributed by atoms with E-state index in [0.29, 0.717) is 17.0 Å².